The van der Waals surface area contributed by atoms with Crippen LogP contribution in [-0.2, 0) is 16.1 Å². The molecule has 0 aromatic carbocycles. The summed E-state index contributed by atoms with van der Waals surface area (Å²) in [4.78, 5) is 28.9. The minimum absolute atomic E-state index is 0.0158. The number of amides is 2. The lowest BCUT2D eigenvalue weighted by molar-refractivity contribution is -0.121. The lowest BCUT2D eigenvalue weighted by Gasteiger charge is -2.15. The topological polar surface area (TPSA) is 97.5 Å². The van der Waals surface area contributed by atoms with Gasteiger partial charge in [-0.15, -0.1) is 11.3 Å². The molecule has 0 aliphatic carbocycles. The molecule has 1 aromatic rings. The first-order valence-electron chi connectivity index (χ1n) is 5.74. The highest BCUT2D eigenvalue weighted by molar-refractivity contribution is 7.09. The number of carbonyl (C=O) groups is 2. The number of ether oxygens (including phenoxy) is 1. The SMILES string of the molecule is COCCNC(=O)CN(C)C(=O)c1csc(CN)n1. The number of nitrogens with one attached hydrogen (secondary N) is 1. The van der Waals surface area contributed by atoms with Crippen molar-refractivity contribution in [3.8, 4) is 0 Å². The van der Waals surface area contributed by atoms with Crippen molar-refractivity contribution in [2.75, 3.05) is 33.9 Å². The number of methoxy groups -OCH3 is 1. The summed E-state index contributed by atoms with van der Waals surface area (Å²) in [5, 5.41) is 4.98. The lowest BCUT2D eigenvalue weighted by Crippen LogP contribution is -2.39. The third-order valence-electron chi connectivity index (χ3n) is 2.30. The average Bonchev–Trinajstić information content (AvgIpc) is 2.86. The summed E-state index contributed by atoms with van der Waals surface area (Å²) in [6.07, 6.45) is 0. The first-order valence-corrected chi connectivity index (χ1v) is 6.62. The zero-order chi connectivity index (χ0) is 14.3. The molecule has 0 aliphatic heterocycles. The van der Waals surface area contributed by atoms with E-state index in [2.05, 4.69) is 10.3 Å². The minimum atomic E-state index is -0.294. The Morgan fingerprint density at radius 2 is 2.32 bits per heavy atom. The van der Waals surface area contributed by atoms with E-state index in [9.17, 15) is 9.59 Å². The highest BCUT2D eigenvalue weighted by Gasteiger charge is 2.17. The van der Waals surface area contributed by atoms with Crippen LogP contribution in [-0.4, -0.2) is 55.6 Å². The molecule has 1 aromatic heterocycles. The molecular weight excluding hydrogens is 268 g/mol. The van der Waals surface area contributed by atoms with Gasteiger partial charge in [0.05, 0.1) is 13.2 Å². The van der Waals surface area contributed by atoms with Gasteiger partial charge in [-0.3, -0.25) is 9.59 Å². The third-order valence-corrected chi connectivity index (χ3v) is 3.17. The van der Waals surface area contributed by atoms with Crippen LogP contribution in [0.15, 0.2) is 5.38 Å². The fraction of sp³-hybridized carbons (Fsp3) is 0.545. The molecule has 1 heterocycles. The van der Waals surface area contributed by atoms with Crippen molar-refractivity contribution in [2.24, 2.45) is 5.73 Å². The van der Waals surface area contributed by atoms with Crippen LogP contribution in [0, 0.1) is 0 Å². The summed E-state index contributed by atoms with van der Waals surface area (Å²) >= 11 is 1.33. The van der Waals surface area contributed by atoms with Gasteiger partial charge in [-0.25, -0.2) is 4.98 Å². The molecule has 0 fully saturated rings. The maximum atomic E-state index is 12.0. The molecule has 106 valence electrons. The van der Waals surface area contributed by atoms with Crippen molar-refractivity contribution >= 4 is 23.2 Å². The first-order chi connectivity index (χ1) is 9.08. The highest BCUT2D eigenvalue weighted by atomic mass is 32.1. The molecular formula is C11H18N4O3S. The molecule has 0 radical (unpaired) electrons. The van der Waals surface area contributed by atoms with E-state index >= 15 is 0 Å². The standard InChI is InChI=1S/C11H18N4O3S/c1-15(6-9(16)13-3-4-18-2)11(17)8-7-19-10(5-12)14-8/h7H,3-6,12H2,1-2H3,(H,13,16). The maximum absolute atomic E-state index is 12.0. The Labute approximate surface area is 115 Å². The largest absolute Gasteiger partial charge is 0.383 e. The van der Waals surface area contributed by atoms with Gasteiger partial charge >= 0.3 is 0 Å². The second-order valence-electron chi connectivity index (χ2n) is 3.83. The number of nitrogens with two attached hydrogens (primary N) is 1. The van der Waals surface area contributed by atoms with E-state index in [4.69, 9.17) is 10.5 Å². The normalized spacial score (nSPS) is 10.3. The average molecular weight is 286 g/mol. The summed E-state index contributed by atoms with van der Waals surface area (Å²) in [5.74, 6) is -0.528. The summed E-state index contributed by atoms with van der Waals surface area (Å²) in [6.45, 7) is 1.15. The van der Waals surface area contributed by atoms with Gasteiger partial charge in [-0.05, 0) is 0 Å². The van der Waals surface area contributed by atoms with E-state index < -0.39 is 0 Å². The summed E-state index contributed by atoms with van der Waals surface area (Å²) in [7, 11) is 3.11. The molecule has 0 saturated heterocycles. The Bertz CT molecular complexity index is 435. The molecule has 3 N–H and O–H groups in total. The van der Waals surface area contributed by atoms with Crippen molar-refractivity contribution in [3.05, 3.63) is 16.1 Å². The van der Waals surface area contributed by atoms with Crippen molar-refractivity contribution in [1.82, 2.24) is 15.2 Å². The van der Waals surface area contributed by atoms with E-state index in [1.165, 1.54) is 16.2 Å². The van der Waals surface area contributed by atoms with Gasteiger partial charge < -0.3 is 20.7 Å². The van der Waals surface area contributed by atoms with Gasteiger partial charge in [0.15, 0.2) is 0 Å². The molecule has 0 aliphatic rings. The van der Waals surface area contributed by atoms with Crippen LogP contribution in [0.25, 0.3) is 0 Å². The Morgan fingerprint density at radius 3 is 2.89 bits per heavy atom. The van der Waals surface area contributed by atoms with Gasteiger partial charge in [0.1, 0.15) is 10.7 Å². The first kappa shape index (κ1) is 15.5. The van der Waals surface area contributed by atoms with Gasteiger partial charge in [-0.2, -0.15) is 0 Å². The van der Waals surface area contributed by atoms with Crippen LogP contribution in [0.4, 0.5) is 0 Å². The third kappa shape index (κ3) is 4.93. The Balaban J connectivity index is 2.46. The summed E-state index contributed by atoms with van der Waals surface area (Å²) in [6, 6.07) is 0. The number of carbonyl (C=O) groups excluding carboxylic acids is 2. The van der Waals surface area contributed by atoms with Crippen LogP contribution in [0.1, 0.15) is 15.5 Å². The predicted molar refractivity (Wildman–Crippen MR) is 71.9 cm³/mol. The number of nitrogens with zero attached hydrogens (tertiary/aromatic N) is 2. The van der Waals surface area contributed by atoms with Crippen LogP contribution < -0.4 is 11.1 Å². The molecule has 7 nitrogen and oxygen atoms in total. The van der Waals surface area contributed by atoms with E-state index in [0.717, 1.165) is 0 Å². The molecule has 0 spiro atoms. The van der Waals surface area contributed by atoms with Crippen molar-refractivity contribution in [3.63, 3.8) is 0 Å². The molecule has 0 bridgehead atoms. The molecule has 0 unspecified atom stereocenters. The minimum Gasteiger partial charge on any atom is -0.383 e. The number of likely N-dealkylation sites (N-methyl/N-ethyl adjacent to an activating group) is 1. The van der Waals surface area contributed by atoms with Gasteiger partial charge in [-0.1, -0.05) is 0 Å². The smallest absolute Gasteiger partial charge is 0.273 e. The second-order valence-corrected chi connectivity index (χ2v) is 4.78. The molecule has 2 amide bonds. The van der Waals surface area contributed by atoms with E-state index in [1.54, 1.807) is 19.5 Å². The number of rotatable bonds is 7. The van der Waals surface area contributed by atoms with Crippen LogP contribution in [0.5, 0.6) is 0 Å². The Kier molecular flexibility index (Phi) is 6.40. The van der Waals surface area contributed by atoms with E-state index in [-0.39, 0.29) is 18.4 Å². The summed E-state index contributed by atoms with van der Waals surface area (Å²) < 4.78 is 4.81. The zero-order valence-corrected chi connectivity index (χ0v) is 11.8. The number of hydrogen-bond acceptors (Lipinski definition) is 6. The highest BCUT2D eigenvalue weighted by Crippen LogP contribution is 2.10. The molecule has 8 heteroatoms. The molecule has 0 saturated carbocycles. The predicted octanol–water partition coefficient (Wildman–Crippen LogP) is -0.564. The Morgan fingerprint density at radius 1 is 1.58 bits per heavy atom. The number of hydrogen-bond donors (Lipinski definition) is 2. The van der Waals surface area contributed by atoms with Crippen molar-refractivity contribution in [2.45, 2.75) is 6.54 Å². The lowest BCUT2D eigenvalue weighted by atomic mass is 10.4. The van der Waals surface area contributed by atoms with Crippen molar-refractivity contribution in [1.29, 1.82) is 0 Å². The monoisotopic (exact) mass is 286 g/mol. The van der Waals surface area contributed by atoms with Crippen LogP contribution >= 0.6 is 11.3 Å². The van der Waals surface area contributed by atoms with Crippen LogP contribution in [0.2, 0.25) is 0 Å². The van der Waals surface area contributed by atoms with Gasteiger partial charge in [0.25, 0.3) is 5.91 Å². The van der Waals surface area contributed by atoms with Crippen molar-refractivity contribution < 1.29 is 14.3 Å². The molecule has 19 heavy (non-hydrogen) atoms. The summed E-state index contributed by atoms with van der Waals surface area (Å²) in [5.41, 5.74) is 5.75. The van der Waals surface area contributed by atoms with E-state index in [1.807, 2.05) is 0 Å². The Hall–Kier alpha value is -1.51. The number of thiazole rings is 1. The van der Waals surface area contributed by atoms with Crippen LogP contribution in [0.3, 0.4) is 0 Å². The maximum Gasteiger partial charge on any atom is 0.273 e. The quantitative estimate of drug-likeness (QED) is 0.655. The second kappa shape index (κ2) is 7.82. The van der Waals surface area contributed by atoms with Gasteiger partial charge in [0.2, 0.25) is 5.91 Å². The zero-order valence-electron chi connectivity index (χ0n) is 11.0. The van der Waals surface area contributed by atoms with E-state index in [0.29, 0.717) is 30.4 Å². The molecule has 1 rings (SSSR count). The molecule has 0 atom stereocenters. The fourth-order valence-corrected chi connectivity index (χ4v) is 1.98. The van der Waals surface area contributed by atoms with Gasteiger partial charge in [0, 0.05) is 32.6 Å². The fourth-order valence-electron chi connectivity index (χ4n) is 1.33. The number of aromatic nitrogens is 1.